The second-order valence-electron chi connectivity index (χ2n) is 4.63. The molecule has 0 saturated heterocycles. The Morgan fingerprint density at radius 1 is 1.33 bits per heavy atom. The first-order valence-electron chi connectivity index (χ1n) is 6.18. The highest BCUT2D eigenvalue weighted by Crippen LogP contribution is 2.37. The van der Waals surface area contributed by atoms with Crippen LogP contribution in [0.5, 0.6) is 0 Å². The van der Waals surface area contributed by atoms with Gasteiger partial charge in [0.05, 0.1) is 0 Å². The van der Waals surface area contributed by atoms with Crippen molar-refractivity contribution in [3.63, 3.8) is 0 Å². The molecule has 2 rings (SSSR count). The summed E-state index contributed by atoms with van der Waals surface area (Å²) in [4.78, 5) is 10.4. The number of carbonyl (C=O) groups excluding carboxylic acids is 1. The molecule has 0 aliphatic heterocycles. The molecule has 5 heteroatoms. The highest BCUT2D eigenvalue weighted by Gasteiger charge is 2.31. The predicted octanol–water partition coefficient (Wildman–Crippen LogP) is 1.33. The van der Waals surface area contributed by atoms with Gasteiger partial charge in [0.25, 0.3) is 0 Å². The molecule has 0 atom stereocenters. The molecule has 1 saturated carbocycles. The van der Waals surface area contributed by atoms with Gasteiger partial charge >= 0.3 is 6.03 Å². The van der Waals surface area contributed by atoms with Crippen LogP contribution in [0.2, 0.25) is 0 Å². The number of amides is 2. The first-order chi connectivity index (χ1) is 8.66. The summed E-state index contributed by atoms with van der Waals surface area (Å²) in [6.07, 6.45) is 1.88. The van der Waals surface area contributed by atoms with E-state index in [4.69, 9.17) is 5.73 Å². The standard InChI is InChI=1S/C13H18FN3O/c14-12-4-2-1-3-11(12)9-7-10(8-9)16-5-6-17-13(15)18/h1-4,9-10,16H,5-8H2,(H3,15,17,18). The van der Waals surface area contributed by atoms with Gasteiger partial charge in [-0.3, -0.25) is 0 Å². The predicted molar refractivity (Wildman–Crippen MR) is 67.8 cm³/mol. The third-order valence-corrected chi connectivity index (χ3v) is 3.34. The summed E-state index contributed by atoms with van der Waals surface area (Å²) >= 11 is 0. The summed E-state index contributed by atoms with van der Waals surface area (Å²) in [5.74, 6) is 0.198. The molecule has 98 valence electrons. The van der Waals surface area contributed by atoms with E-state index in [0.29, 0.717) is 25.0 Å². The molecule has 1 aliphatic rings. The number of halogens is 1. The van der Waals surface area contributed by atoms with Gasteiger partial charge < -0.3 is 16.4 Å². The maximum atomic E-state index is 13.5. The van der Waals surface area contributed by atoms with Gasteiger partial charge in [-0.2, -0.15) is 0 Å². The van der Waals surface area contributed by atoms with E-state index in [2.05, 4.69) is 10.6 Å². The maximum absolute atomic E-state index is 13.5. The van der Waals surface area contributed by atoms with Crippen molar-refractivity contribution in [3.8, 4) is 0 Å². The van der Waals surface area contributed by atoms with Crippen LogP contribution in [-0.4, -0.2) is 25.2 Å². The fraction of sp³-hybridized carbons (Fsp3) is 0.462. The van der Waals surface area contributed by atoms with Crippen LogP contribution in [0, 0.1) is 5.82 Å². The van der Waals surface area contributed by atoms with E-state index in [1.165, 1.54) is 6.07 Å². The second-order valence-corrected chi connectivity index (χ2v) is 4.63. The van der Waals surface area contributed by atoms with E-state index in [0.717, 1.165) is 18.4 Å². The van der Waals surface area contributed by atoms with Crippen LogP contribution in [0.3, 0.4) is 0 Å². The highest BCUT2D eigenvalue weighted by atomic mass is 19.1. The van der Waals surface area contributed by atoms with Crippen molar-refractivity contribution in [2.75, 3.05) is 13.1 Å². The topological polar surface area (TPSA) is 67.2 Å². The molecular weight excluding hydrogens is 233 g/mol. The average Bonchev–Trinajstić information content (AvgIpc) is 2.28. The van der Waals surface area contributed by atoms with Crippen LogP contribution >= 0.6 is 0 Å². The van der Waals surface area contributed by atoms with Gasteiger partial charge in [-0.15, -0.1) is 0 Å². The number of carbonyl (C=O) groups is 1. The van der Waals surface area contributed by atoms with Crippen LogP contribution in [0.1, 0.15) is 24.3 Å². The first-order valence-corrected chi connectivity index (χ1v) is 6.18. The number of benzene rings is 1. The lowest BCUT2D eigenvalue weighted by molar-refractivity contribution is 0.247. The smallest absolute Gasteiger partial charge is 0.312 e. The van der Waals surface area contributed by atoms with Crippen molar-refractivity contribution >= 4 is 6.03 Å². The van der Waals surface area contributed by atoms with Gasteiger partial charge in [0.2, 0.25) is 0 Å². The Morgan fingerprint density at radius 3 is 2.72 bits per heavy atom. The molecule has 1 aromatic carbocycles. The van der Waals surface area contributed by atoms with Crippen molar-refractivity contribution in [1.29, 1.82) is 0 Å². The fourth-order valence-electron chi connectivity index (χ4n) is 2.31. The van der Waals surface area contributed by atoms with Gasteiger partial charge in [0, 0.05) is 19.1 Å². The van der Waals surface area contributed by atoms with Crippen LogP contribution in [0.4, 0.5) is 9.18 Å². The Bertz CT molecular complexity index is 418. The molecule has 0 bridgehead atoms. The van der Waals surface area contributed by atoms with Crippen molar-refractivity contribution < 1.29 is 9.18 Å². The molecular formula is C13H18FN3O. The summed E-state index contributed by atoms with van der Waals surface area (Å²) in [6, 6.07) is 6.84. The fourth-order valence-corrected chi connectivity index (χ4v) is 2.31. The lowest BCUT2D eigenvalue weighted by atomic mass is 9.75. The van der Waals surface area contributed by atoms with Crippen LogP contribution in [-0.2, 0) is 0 Å². The minimum Gasteiger partial charge on any atom is -0.352 e. The van der Waals surface area contributed by atoms with Crippen molar-refractivity contribution in [2.24, 2.45) is 5.73 Å². The van der Waals surface area contributed by atoms with Gasteiger partial charge in [-0.1, -0.05) is 18.2 Å². The number of hydrogen-bond donors (Lipinski definition) is 3. The molecule has 1 aliphatic carbocycles. The quantitative estimate of drug-likeness (QED) is 0.691. The zero-order valence-corrected chi connectivity index (χ0v) is 10.2. The van der Waals surface area contributed by atoms with Crippen molar-refractivity contribution in [1.82, 2.24) is 10.6 Å². The number of primary amides is 1. The van der Waals surface area contributed by atoms with Gasteiger partial charge in [0.1, 0.15) is 5.82 Å². The minimum atomic E-state index is -0.505. The summed E-state index contributed by atoms with van der Waals surface area (Å²) < 4.78 is 13.5. The lowest BCUT2D eigenvalue weighted by Gasteiger charge is -2.36. The Morgan fingerprint density at radius 2 is 2.06 bits per heavy atom. The van der Waals surface area contributed by atoms with Crippen molar-refractivity contribution in [3.05, 3.63) is 35.6 Å². The zero-order chi connectivity index (χ0) is 13.0. The molecule has 18 heavy (non-hydrogen) atoms. The Labute approximate surface area is 106 Å². The molecule has 4 nitrogen and oxygen atoms in total. The molecule has 4 N–H and O–H groups in total. The van der Waals surface area contributed by atoms with Crippen LogP contribution in [0.25, 0.3) is 0 Å². The number of rotatable bonds is 5. The molecule has 0 radical (unpaired) electrons. The highest BCUT2D eigenvalue weighted by molar-refractivity contribution is 5.71. The SMILES string of the molecule is NC(=O)NCCNC1CC(c2ccccc2F)C1. The zero-order valence-electron chi connectivity index (χ0n) is 10.2. The molecule has 2 amide bonds. The molecule has 1 fully saturated rings. The van der Waals surface area contributed by atoms with Crippen LogP contribution in [0.15, 0.2) is 24.3 Å². The van der Waals surface area contributed by atoms with Gasteiger partial charge in [-0.25, -0.2) is 9.18 Å². The number of urea groups is 1. The second kappa shape index (κ2) is 5.82. The molecule has 0 unspecified atom stereocenters. The van der Waals surface area contributed by atoms with Crippen LogP contribution < -0.4 is 16.4 Å². The number of nitrogens with two attached hydrogens (primary N) is 1. The monoisotopic (exact) mass is 251 g/mol. The average molecular weight is 251 g/mol. The van der Waals surface area contributed by atoms with E-state index in [1.807, 2.05) is 12.1 Å². The van der Waals surface area contributed by atoms with Gasteiger partial charge in [-0.05, 0) is 30.4 Å². The number of nitrogens with one attached hydrogen (secondary N) is 2. The minimum absolute atomic E-state index is 0.114. The number of hydrogen-bond acceptors (Lipinski definition) is 2. The van der Waals surface area contributed by atoms with E-state index in [9.17, 15) is 9.18 Å². The summed E-state index contributed by atoms with van der Waals surface area (Å²) in [7, 11) is 0. The van der Waals surface area contributed by atoms with Gasteiger partial charge in [0.15, 0.2) is 0 Å². The Balaban J connectivity index is 1.68. The molecule has 1 aromatic rings. The van der Waals surface area contributed by atoms with E-state index >= 15 is 0 Å². The molecule has 0 spiro atoms. The maximum Gasteiger partial charge on any atom is 0.312 e. The summed E-state index contributed by atoms with van der Waals surface area (Å²) in [5.41, 5.74) is 5.76. The third-order valence-electron chi connectivity index (χ3n) is 3.34. The first kappa shape index (κ1) is 12.8. The largest absolute Gasteiger partial charge is 0.352 e. The van der Waals surface area contributed by atoms with E-state index in [1.54, 1.807) is 6.07 Å². The summed E-state index contributed by atoms with van der Waals surface area (Å²) in [6.45, 7) is 1.22. The third kappa shape index (κ3) is 3.20. The Kier molecular flexibility index (Phi) is 4.15. The summed E-state index contributed by atoms with van der Waals surface area (Å²) in [5, 5.41) is 5.82. The van der Waals surface area contributed by atoms with E-state index in [-0.39, 0.29) is 5.82 Å². The molecule has 0 aromatic heterocycles. The van der Waals surface area contributed by atoms with Crippen molar-refractivity contribution in [2.45, 2.75) is 24.8 Å². The Hall–Kier alpha value is -1.62. The lowest BCUT2D eigenvalue weighted by Crippen LogP contribution is -2.44. The molecule has 0 heterocycles. The van der Waals surface area contributed by atoms with E-state index < -0.39 is 6.03 Å². The normalized spacial score (nSPS) is 22.3.